The van der Waals surface area contributed by atoms with E-state index in [1.54, 1.807) is 18.2 Å². The third kappa shape index (κ3) is 3.83. The molecular formula is C22H18N4O4. The van der Waals surface area contributed by atoms with Gasteiger partial charge in [-0.1, -0.05) is 30.3 Å². The fourth-order valence-corrected chi connectivity index (χ4v) is 3.25. The first-order valence-electron chi connectivity index (χ1n) is 9.23. The average molecular weight is 402 g/mol. The summed E-state index contributed by atoms with van der Waals surface area (Å²) >= 11 is 0. The van der Waals surface area contributed by atoms with E-state index in [2.05, 4.69) is 10.3 Å². The molecule has 30 heavy (non-hydrogen) atoms. The van der Waals surface area contributed by atoms with Gasteiger partial charge in [0, 0.05) is 17.4 Å². The molecule has 0 aliphatic carbocycles. The number of rotatable bonds is 6. The highest BCUT2D eigenvalue weighted by Crippen LogP contribution is 2.26. The van der Waals surface area contributed by atoms with Crippen LogP contribution in [-0.4, -0.2) is 27.0 Å². The lowest BCUT2D eigenvalue weighted by atomic mass is 10.2. The number of imidazole rings is 1. The second-order valence-corrected chi connectivity index (χ2v) is 6.60. The van der Waals surface area contributed by atoms with E-state index in [9.17, 15) is 14.9 Å². The number of anilines is 1. The number of ether oxygens (including phenoxy) is 1. The molecule has 0 bridgehead atoms. The predicted octanol–water partition coefficient (Wildman–Crippen LogP) is 4.26. The maximum absolute atomic E-state index is 12.3. The quantitative estimate of drug-likeness (QED) is 0.384. The maximum Gasteiger partial charge on any atom is 0.310 e. The Morgan fingerprint density at radius 1 is 1.10 bits per heavy atom. The van der Waals surface area contributed by atoms with Crippen LogP contribution in [0.5, 0.6) is 5.75 Å². The number of nitrogens with one attached hydrogen (secondary N) is 1. The number of nitro benzene ring substituents is 1. The minimum Gasteiger partial charge on any atom is -0.477 e. The minimum atomic E-state index is -0.549. The number of carbonyl (C=O) groups excluding carboxylic acids is 1. The SMILES string of the molecule is Cc1nc2cc(NC(=O)COc3ccccc3[N+](=O)[O-])ccc2n1-c1ccccc1. The molecule has 0 aliphatic rings. The Morgan fingerprint density at radius 3 is 2.60 bits per heavy atom. The summed E-state index contributed by atoms with van der Waals surface area (Å²) in [6, 6.07) is 21.3. The van der Waals surface area contributed by atoms with Crippen molar-refractivity contribution in [2.75, 3.05) is 11.9 Å². The first-order valence-corrected chi connectivity index (χ1v) is 9.23. The topological polar surface area (TPSA) is 99.3 Å². The number of hydrogen-bond acceptors (Lipinski definition) is 5. The number of aromatic nitrogens is 2. The highest BCUT2D eigenvalue weighted by Gasteiger charge is 2.15. The second-order valence-electron chi connectivity index (χ2n) is 6.60. The molecule has 8 heteroatoms. The molecule has 1 heterocycles. The van der Waals surface area contributed by atoms with Crippen LogP contribution in [-0.2, 0) is 4.79 Å². The highest BCUT2D eigenvalue weighted by molar-refractivity contribution is 5.94. The van der Waals surface area contributed by atoms with E-state index < -0.39 is 10.8 Å². The molecule has 3 aromatic carbocycles. The molecule has 0 aliphatic heterocycles. The summed E-state index contributed by atoms with van der Waals surface area (Å²) in [5.74, 6) is 0.455. The largest absolute Gasteiger partial charge is 0.477 e. The smallest absolute Gasteiger partial charge is 0.310 e. The molecule has 0 spiro atoms. The van der Waals surface area contributed by atoms with Crippen LogP contribution in [0.15, 0.2) is 72.8 Å². The molecule has 150 valence electrons. The van der Waals surface area contributed by atoms with Gasteiger partial charge in [0.25, 0.3) is 5.91 Å². The van der Waals surface area contributed by atoms with Gasteiger partial charge in [-0.25, -0.2) is 4.98 Å². The average Bonchev–Trinajstić information content (AvgIpc) is 3.08. The van der Waals surface area contributed by atoms with E-state index >= 15 is 0 Å². The molecule has 0 saturated carbocycles. The Kier molecular flexibility index (Phi) is 5.13. The fraction of sp³-hybridized carbons (Fsp3) is 0.0909. The molecule has 1 N–H and O–H groups in total. The molecule has 0 radical (unpaired) electrons. The lowest BCUT2D eigenvalue weighted by Gasteiger charge is -2.09. The fourth-order valence-electron chi connectivity index (χ4n) is 3.25. The Hall–Kier alpha value is -4.20. The van der Waals surface area contributed by atoms with E-state index in [4.69, 9.17) is 4.74 Å². The van der Waals surface area contributed by atoms with E-state index in [0.717, 1.165) is 22.5 Å². The van der Waals surface area contributed by atoms with Crippen molar-refractivity contribution in [3.63, 3.8) is 0 Å². The number of nitrogens with zero attached hydrogens (tertiary/aromatic N) is 3. The van der Waals surface area contributed by atoms with Gasteiger partial charge in [-0.3, -0.25) is 19.5 Å². The van der Waals surface area contributed by atoms with Crippen LogP contribution in [0.3, 0.4) is 0 Å². The van der Waals surface area contributed by atoms with Crippen LogP contribution in [0.4, 0.5) is 11.4 Å². The van der Waals surface area contributed by atoms with Crippen LogP contribution in [0.2, 0.25) is 0 Å². The molecule has 0 fully saturated rings. The zero-order valence-corrected chi connectivity index (χ0v) is 16.1. The molecule has 0 saturated heterocycles. The third-order valence-electron chi connectivity index (χ3n) is 4.54. The standard InChI is InChI=1S/C22H18N4O4/c1-15-23-18-13-16(11-12-19(18)25(15)17-7-3-2-4-8-17)24-22(27)14-30-21-10-6-5-9-20(21)26(28)29/h2-13H,14H2,1H3,(H,24,27). The van der Waals surface area contributed by atoms with Crippen LogP contribution in [0, 0.1) is 17.0 Å². The lowest BCUT2D eigenvalue weighted by Crippen LogP contribution is -2.20. The van der Waals surface area contributed by atoms with Crippen molar-refractivity contribution >= 4 is 28.3 Å². The van der Waals surface area contributed by atoms with Crippen molar-refractivity contribution in [2.24, 2.45) is 0 Å². The van der Waals surface area contributed by atoms with Gasteiger partial charge in [0.1, 0.15) is 5.82 Å². The third-order valence-corrected chi connectivity index (χ3v) is 4.54. The highest BCUT2D eigenvalue weighted by atomic mass is 16.6. The van der Waals surface area contributed by atoms with Gasteiger partial charge in [0.2, 0.25) is 0 Å². The molecule has 4 aromatic rings. The molecule has 0 unspecified atom stereocenters. The molecule has 1 aromatic heterocycles. The maximum atomic E-state index is 12.3. The Labute approximate surface area is 171 Å². The normalized spacial score (nSPS) is 10.7. The predicted molar refractivity (Wildman–Crippen MR) is 113 cm³/mol. The number of benzene rings is 3. The van der Waals surface area contributed by atoms with Gasteiger partial charge in [0.05, 0.1) is 16.0 Å². The first-order chi connectivity index (χ1) is 14.5. The summed E-state index contributed by atoms with van der Waals surface area (Å²) in [5, 5.41) is 13.8. The van der Waals surface area contributed by atoms with Gasteiger partial charge in [-0.05, 0) is 43.3 Å². The number of aryl methyl sites for hydroxylation is 1. The van der Waals surface area contributed by atoms with Crippen molar-refractivity contribution in [3.05, 3.63) is 88.7 Å². The summed E-state index contributed by atoms with van der Waals surface area (Å²) in [7, 11) is 0. The summed E-state index contributed by atoms with van der Waals surface area (Å²) in [5.41, 5.74) is 3.05. The number of nitro groups is 1. The molecule has 8 nitrogen and oxygen atoms in total. The Bertz CT molecular complexity index is 1230. The van der Waals surface area contributed by atoms with Crippen LogP contribution < -0.4 is 10.1 Å². The summed E-state index contributed by atoms with van der Waals surface area (Å²) < 4.78 is 7.37. The van der Waals surface area contributed by atoms with E-state index in [1.165, 1.54) is 18.2 Å². The number of amides is 1. The van der Waals surface area contributed by atoms with Crippen LogP contribution in [0.1, 0.15) is 5.82 Å². The van der Waals surface area contributed by atoms with Gasteiger partial charge in [0.15, 0.2) is 12.4 Å². The van der Waals surface area contributed by atoms with Crippen molar-refractivity contribution in [2.45, 2.75) is 6.92 Å². The number of hydrogen-bond donors (Lipinski definition) is 1. The van der Waals surface area contributed by atoms with E-state index in [0.29, 0.717) is 5.69 Å². The zero-order chi connectivity index (χ0) is 21.1. The molecular weight excluding hydrogens is 384 g/mol. The lowest BCUT2D eigenvalue weighted by molar-refractivity contribution is -0.385. The second kappa shape index (κ2) is 8.04. The first kappa shape index (κ1) is 19.1. The Balaban J connectivity index is 1.50. The zero-order valence-electron chi connectivity index (χ0n) is 16.1. The van der Waals surface area contributed by atoms with Crippen molar-refractivity contribution in [1.29, 1.82) is 0 Å². The molecule has 0 atom stereocenters. The van der Waals surface area contributed by atoms with Gasteiger partial charge < -0.3 is 10.1 Å². The molecule has 1 amide bonds. The minimum absolute atomic E-state index is 0.0466. The summed E-state index contributed by atoms with van der Waals surface area (Å²) in [6.45, 7) is 1.58. The van der Waals surface area contributed by atoms with Crippen molar-refractivity contribution in [3.8, 4) is 11.4 Å². The van der Waals surface area contributed by atoms with Gasteiger partial charge >= 0.3 is 5.69 Å². The summed E-state index contributed by atoms with van der Waals surface area (Å²) in [4.78, 5) is 27.3. The van der Waals surface area contributed by atoms with Crippen molar-refractivity contribution < 1.29 is 14.5 Å². The monoisotopic (exact) mass is 402 g/mol. The van der Waals surface area contributed by atoms with Gasteiger partial charge in [-0.2, -0.15) is 0 Å². The Morgan fingerprint density at radius 2 is 1.83 bits per heavy atom. The number of carbonyl (C=O) groups is 1. The van der Waals surface area contributed by atoms with Crippen LogP contribution >= 0.6 is 0 Å². The van der Waals surface area contributed by atoms with E-state index in [1.807, 2.05) is 47.9 Å². The van der Waals surface area contributed by atoms with Crippen LogP contribution in [0.25, 0.3) is 16.7 Å². The molecule has 4 rings (SSSR count). The number of fused-ring (bicyclic) bond motifs is 1. The number of para-hydroxylation sites is 3. The van der Waals surface area contributed by atoms with Crippen molar-refractivity contribution in [1.82, 2.24) is 9.55 Å². The van der Waals surface area contributed by atoms with Gasteiger partial charge in [-0.15, -0.1) is 0 Å². The summed E-state index contributed by atoms with van der Waals surface area (Å²) in [6.07, 6.45) is 0. The van der Waals surface area contributed by atoms with E-state index in [-0.39, 0.29) is 18.0 Å².